The number of aliphatic hydroxyl groups is 2. The van der Waals surface area contributed by atoms with Crippen molar-refractivity contribution >= 4 is 11.6 Å². The summed E-state index contributed by atoms with van der Waals surface area (Å²) in [7, 11) is 1.90. The van der Waals surface area contributed by atoms with Crippen LogP contribution in [0.2, 0.25) is 0 Å². The largest absolute Gasteiger partial charge is 0.490 e. The van der Waals surface area contributed by atoms with Crippen LogP contribution in [0.1, 0.15) is 148 Å². The zero-order chi connectivity index (χ0) is 40.6. The number of hydrogen-bond acceptors (Lipinski definition) is 8. The van der Waals surface area contributed by atoms with Crippen LogP contribution in [-0.4, -0.2) is 77.6 Å². The molecule has 314 valence electrons. The number of aliphatic hydroxyl groups excluding tert-OH is 2. The van der Waals surface area contributed by atoms with Crippen molar-refractivity contribution in [2.75, 3.05) is 33.5 Å². The summed E-state index contributed by atoms with van der Waals surface area (Å²) >= 11 is 0. The van der Waals surface area contributed by atoms with Crippen molar-refractivity contribution < 1.29 is 34.1 Å². The molecule has 1 aromatic carbocycles. The number of fused-ring (bicyclic) bond motifs is 2. The van der Waals surface area contributed by atoms with Crippen molar-refractivity contribution in [2.45, 2.75) is 160 Å². The first-order valence-corrected chi connectivity index (χ1v) is 21.8. The second-order valence-corrected chi connectivity index (χ2v) is 17.2. The number of carbonyl (C=O) groups is 1. The molecule has 3 aliphatic rings. The van der Waals surface area contributed by atoms with Crippen LogP contribution in [0.4, 0.5) is 0 Å². The number of benzene rings is 1. The smallest absolute Gasteiger partial charge is 0.239 e. The minimum absolute atomic E-state index is 0.0688. The first kappa shape index (κ1) is 45.6. The summed E-state index contributed by atoms with van der Waals surface area (Å²) in [5, 5.41) is 24.6. The summed E-state index contributed by atoms with van der Waals surface area (Å²) in [6.45, 7) is 17.0. The maximum Gasteiger partial charge on any atom is 0.239 e. The van der Waals surface area contributed by atoms with E-state index in [0.717, 1.165) is 79.7 Å². The molecular formula is C47H74N2O7. The Hall–Kier alpha value is -3.14. The maximum absolute atomic E-state index is 14.3. The van der Waals surface area contributed by atoms with Crippen LogP contribution in [0.5, 0.6) is 11.5 Å². The van der Waals surface area contributed by atoms with E-state index in [1.807, 2.05) is 44.9 Å². The normalized spacial score (nSPS) is 24.7. The summed E-state index contributed by atoms with van der Waals surface area (Å²) in [5.41, 5.74) is 2.37. The molecular weight excluding hydrogens is 705 g/mol. The molecule has 56 heavy (non-hydrogen) atoms. The minimum Gasteiger partial charge on any atom is -0.490 e. The summed E-state index contributed by atoms with van der Waals surface area (Å²) in [6, 6.07) is 5.52. The quantitative estimate of drug-likeness (QED) is 0.0547. The molecule has 6 unspecified atom stereocenters. The second kappa shape index (κ2) is 22.7. The van der Waals surface area contributed by atoms with Gasteiger partial charge in [-0.05, 0) is 88.5 Å². The Morgan fingerprint density at radius 1 is 0.946 bits per heavy atom. The van der Waals surface area contributed by atoms with E-state index in [2.05, 4.69) is 32.2 Å². The van der Waals surface area contributed by atoms with Crippen molar-refractivity contribution in [1.82, 2.24) is 4.90 Å². The summed E-state index contributed by atoms with van der Waals surface area (Å²) < 4.78 is 20.4. The van der Waals surface area contributed by atoms with Gasteiger partial charge in [-0.3, -0.25) is 4.79 Å². The number of unbranched alkanes of at least 4 members (excludes halogenated alkanes) is 10. The van der Waals surface area contributed by atoms with Gasteiger partial charge >= 0.3 is 0 Å². The molecule has 0 saturated heterocycles. The fourth-order valence-electron chi connectivity index (χ4n) is 9.10. The van der Waals surface area contributed by atoms with Gasteiger partial charge in [0.15, 0.2) is 0 Å². The predicted octanol–water partition coefficient (Wildman–Crippen LogP) is 10.1. The Bertz CT molecular complexity index is 1450. The molecule has 1 fully saturated rings. The van der Waals surface area contributed by atoms with E-state index in [1.54, 1.807) is 12.2 Å². The molecule has 2 aliphatic carbocycles. The fourth-order valence-corrected chi connectivity index (χ4v) is 9.10. The zero-order valence-electron chi connectivity index (χ0n) is 35.4. The molecule has 4 rings (SSSR count). The average molecular weight is 779 g/mol. The van der Waals surface area contributed by atoms with Crippen LogP contribution < -0.4 is 9.47 Å². The second-order valence-electron chi connectivity index (χ2n) is 17.2. The number of amides is 1. The van der Waals surface area contributed by atoms with Crippen LogP contribution in [0.15, 0.2) is 60.3 Å². The van der Waals surface area contributed by atoms with Crippen molar-refractivity contribution in [3.05, 3.63) is 60.7 Å². The third-order valence-corrected chi connectivity index (χ3v) is 11.8. The lowest BCUT2D eigenvalue weighted by Crippen LogP contribution is -2.69. The highest BCUT2D eigenvalue weighted by Gasteiger charge is 2.65. The number of ether oxygens (including phenoxy) is 3. The lowest BCUT2D eigenvalue weighted by atomic mass is 9.55. The van der Waals surface area contributed by atoms with Crippen LogP contribution in [-0.2, 0) is 14.4 Å². The van der Waals surface area contributed by atoms with Crippen LogP contribution in [0.25, 0.3) is 0 Å². The Labute approximate surface area is 338 Å². The SMILES string of the molecule is C=CCOc1ccc2c(c1)C1C(CCCCO)C(CCCCO)C=C3C(=NOC(C)(C)C)CC(N(C)C(=O)CCCCCCCCCCC)C(OCC=C)(O2)C31. The number of rotatable bonds is 26. The lowest BCUT2D eigenvalue weighted by molar-refractivity contribution is -0.255. The van der Waals surface area contributed by atoms with Gasteiger partial charge in [-0.1, -0.05) is 101 Å². The number of hydrogen-bond donors (Lipinski definition) is 2. The van der Waals surface area contributed by atoms with Crippen LogP contribution in [0, 0.1) is 17.8 Å². The molecule has 1 aromatic rings. The molecule has 1 aliphatic heterocycles. The maximum atomic E-state index is 14.3. The van der Waals surface area contributed by atoms with Gasteiger partial charge < -0.3 is 34.2 Å². The van der Waals surface area contributed by atoms with Crippen molar-refractivity contribution in [2.24, 2.45) is 22.9 Å². The van der Waals surface area contributed by atoms with Crippen LogP contribution in [0.3, 0.4) is 0 Å². The van der Waals surface area contributed by atoms with Gasteiger partial charge in [0, 0.05) is 44.6 Å². The molecule has 1 saturated carbocycles. The number of oxime groups is 1. The van der Waals surface area contributed by atoms with Gasteiger partial charge in [0.2, 0.25) is 11.7 Å². The van der Waals surface area contributed by atoms with Gasteiger partial charge in [-0.25, -0.2) is 0 Å². The lowest BCUT2D eigenvalue weighted by Gasteiger charge is -2.59. The third-order valence-electron chi connectivity index (χ3n) is 11.8. The van der Waals surface area contributed by atoms with Crippen molar-refractivity contribution in [3.8, 4) is 11.5 Å². The van der Waals surface area contributed by atoms with Gasteiger partial charge in [0.1, 0.15) is 29.7 Å². The van der Waals surface area contributed by atoms with Crippen molar-refractivity contribution in [1.29, 1.82) is 0 Å². The standard InChI is InChI=1S/C47H74N2O7/c1-8-11-12-13-14-15-16-17-18-25-43(52)49(7)42-34-40(48-56-46(4,5)6)38-32-35(23-19-21-28-50)37(24-20-22-29-51)44-39-33-36(53-30-9-2)26-27-41(39)55-47(42,45(38)44)54-31-10-3/h9-10,26-27,32-33,35,37,42,44-45,50-51H,2-3,8,11-25,28-31,34H2,1,4-7H3. The van der Waals surface area contributed by atoms with E-state index >= 15 is 0 Å². The fraction of sp³-hybridized carbons (Fsp3) is 0.702. The molecule has 9 nitrogen and oxygen atoms in total. The van der Waals surface area contributed by atoms with E-state index in [1.165, 1.54) is 38.5 Å². The van der Waals surface area contributed by atoms with Gasteiger partial charge in [0.05, 0.1) is 18.2 Å². The van der Waals surface area contributed by atoms with Crippen LogP contribution >= 0.6 is 0 Å². The van der Waals surface area contributed by atoms with E-state index in [-0.39, 0.29) is 49.4 Å². The first-order valence-electron chi connectivity index (χ1n) is 21.8. The molecule has 6 atom stereocenters. The topological polar surface area (TPSA) is 110 Å². The molecule has 2 N–H and O–H groups in total. The van der Waals surface area contributed by atoms with E-state index in [0.29, 0.717) is 25.9 Å². The molecule has 0 radical (unpaired) electrons. The van der Waals surface area contributed by atoms with Crippen molar-refractivity contribution in [3.63, 3.8) is 0 Å². The molecule has 1 heterocycles. The number of allylic oxidation sites excluding steroid dienone is 1. The summed E-state index contributed by atoms with van der Waals surface area (Å²) in [4.78, 5) is 22.4. The first-order chi connectivity index (χ1) is 27.0. The predicted molar refractivity (Wildman–Crippen MR) is 226 cm³/mol. The average Bonchev–Trinajstić information content (AvgIpc) is 3.18. The van der Waals surface area contributed by atoms with Gasteiger partial charge in [-0.2, -0.15) is 0 Å². The molecule has 0 spiro atoms. The van der Waals surface area contributed by atoms with Gasteiger partial charge in [-0.15, -0.1) is 6.58 Å². The highest BCUT2D eigenvalue weighted by molar-refractivity contribution is 6.03. The van der Waals surface area contributed by atoms with E-state index < -0.39 is 17.4 Å². The zero-order valence-corrected chi connectivity index (χ0v) is 35.4. The number of carbonyl (C=O) groups excluding carboxylic acids is 1. The van der Waals surface area contributed by atoms with Gasteiger partial charge in [0.25, 0.3) is 0 Å². The highest BCUT2D eigenvalue weighted by Crippen LogP contribution is 2.61. The summed E-state index contributed by atoms with van der Waals surface area (Å²) in [6.07, 6.45) is 22.4. The Kier molecular flexibility index (Phi) is 18.5. The Balaban J connectivity index is 1.83. The summed E-state index contributed by atoms with van der Waals surface area (Å²) in [5.74, 6) is 0.192. The number of likely N-dealkylation sites (N-methyl/N-ethyl adjacent to an activating group) is 1. The molecule has 0 bridgehead atoms. The van der Waals surface area contributed by atoms with E-state index in [4.69, 9.17) is 24.2 Å². The molecule has 9 heteroatoms. The highest BCUT2D eigenvalue weighted by atomic mass is 16.7. The third kappa shape index (κ3) is 12.0. The molecule has 1 amide bonds. The monoisotopic (exact) mass is 779 g/mol. The van der Waals surface area contributed by atoms with E-state index in [9.17, 15) is 15.0 Å². The molecule has 0 aromatic heterocycles. The minimum atomic E-state index is -1.24. The number of nitrogens with zero attached hydrogens (tertiary/aromatic N) is 2. The Morgan fingerprint density at radius 3 is 2.25 bits per heavy atom. The Morgan fingerprint density at radius 2 is 1.61 bits per heavy atom.